The number of benzene rings is 4. The van der Waals surface area contributed by atoms with Crippen LogP contribution in [0.1, 0.15) is 31.8 Å². The molecule has 0 aliphatic heterocycles. The van der Waals surface area contributed by atoms with E-state index in [1.807, 2.05) is 24.3 Å². The molecule has 4 aromatic carbocycles. The van der Waals surface area contributed by atoms with Crippen molar-refractivity contribution in [2.45, 2.75) is 6.54 Å². The monoisotopic (exact) mass is 509 g/mol. The summed E-state index contributed by atoms with van der Waals surface area (Å²) in [6.07, 6.45) is 1.47. The smallest absolute Gasteiger partial charge is 0.271 e. The lowest BCUT2D eigenvalue weighted by Gasteiger charge is -2.11. The van der Waals surface area contributed by atoms with Gasteiger partial charge in [0.1, 0.15) is 11.6 Å². The third-order valence-corrected chi connectivity index (χ3v) is 5.89. The predicted molar refractivity (Wildman–Crippen MR) is 135 cm³/mol. The molecule has 0 aliphatic carbocycles. The standard InChI is InChI=1S/C26H18Cl2FN3O3/c27-22-12-18(29)8-5-17(22)13-30-26(35)21-9-6-16(19-3-1-2-4-20(19)21)14-31-32-25(34)15-7-10-24(33)23(28)11-15/h1-12,14,33H,13H2,(H,30,35)(H,32,34). The molecule has 3 N–H and O–H groups in total. The largest absolute Gasteiger partial charge is 0.506 e. The summed E-state index contributed by atoms with van der Waals surface area (Å²) in [4.78, 5) is 25.2. The Hall–Kier alpha value is -3.94. The van der Waals surface area contributed by atoms with Crippen LogP contribution in [0.3, 0.4) is 0 Å². The third kappa shape index (κ3) is 5.59. The highest BCUT2D eigenvalue weighted by atomic mass is 35.5. The number of nitrogens with one attached hydrogen (secondary N) is 2. The van der Waals surface area contributed by atoms with E-state index in [4.69, 9.17) is 23.2 Å². The van der Waals surface area contributed by atoms with Crippen LogP contribution in [0.4, 0.5) is 4.39 Å². The van der Waals surface area contributed by atoms with Crippen molar-refractivity contribution in [1.29, 1.82) is 0 Å². The fourth-order valence-electron chi connectivity index (χ4n) is 3.44. The average molecular weight is 510 g/mol. The SMILES string of the molecule is O=C(NN=Cc1ccc(C(=O)NCc2ccc(F)cc2Cl)c2ccccc12)c1ccc(O)c(Cl)c1. The summed E-state index contributed by atoms with van der Waals surface area (Å²) < 4.78 is 13.3. The Kier molecular flexibility index (Phi) is 7.29. The Morgan fingerprint density at radius 3 is 2.43 bits per heavy atom. The quantitative estimate of drug-likeness (QED) is 0.230. The molecule has 35 heavy (non-hydrogen) atoms. The average Bonchev–Trinajstić information content (AvgIpc) is 2.85. The molecule has 0 atom stereocenters. The fraction of sp³-hybridized carbons (Fsp3) is 0.0385. The van der Waals surface area contributed by atoms with Crippen LogP contribution in [0, 0.1) is 5.82 Å². The van der Waals surface area contributed by atoms with Crippen molar-refractivity contribution in [3.8, 4) is 5.75 Å². The van der Waals surface area contributed by atoms with Gasteiger partial charge in [0.15, 0.2) is 0 Å². The summed E-state index contributed by atoms with van der Waals surface area (Å²) in [5.41, 5.74) is 4.38. The van der Waals surface area contributed by atoms with Crippen molar-refractivity contribution < 1.29 is 19.1 Å². The lowest BCUT2D eigenvalue weighted by atomic mass is 9.99. The summed E-state index contributed by atoms with van der Waals surface area (Å²) >= 11 is 11.9. The number of carbonyl (C=O) groups is 2. The second kappa shape index (κ2) is 10.5. The van der Waals surface area contributed by atoms with Gasteiger partial charge < -0.3 is 10.4 Å². The summed E-state index contributed by atoms with van der Waals surface area (Å²) in [7, 11) is 0. The van der Waals surface area contributed by atoms with Gasteiger partial charge in [-0.05, 0) is 52.7 Å². The van der Waals surface area contributed by atoms with Gasteiger partial charge in [-0.3, -0.25) is 9.59 Å². The van der Waals surface area contributed by atoms with Crippen LogP contribution in [0.2, 0.25) is 10.0 Å². The Morgan fingerprint density at radius 2 is 1.69 bits per heavy atom. The van der Waals surface area contributed by atoms with Gasteiger partial charge in [-0.1, -0.05) is 59.6 Å². The highest BCUT2D eigenvalue weighted by Crippen LogP contribution is 2.24. The highest BCUT2D eigenvalue weighted by Gasteiger charge is 2.13. The van der Waals surface area contributed by atoms with E-state index in [9.17, 15) is 19.1 Å². The van der Waals surface area contributed by atoms with Gasteiger partial charge in [-0.15, -0.1) is 0 Å². The molecule has 6 nitrogen and oxygen atoms in total. The van der Waals surface area contributed by atoms with Crippen molar-refractivity contribution in [2.75, 3.05) is 0 Å². The molecule has 0 fully saturated rings. The zero-order chi connectivity index (χ0) is 24.9. The summed E-state index contributed by atoms with van der Waals surface area (Å²) in [5.74, 6) is -1.38. The molecule has 4 rings (SSSR count). The van der Waals surface area contributed by atoms with Crippen LogP contribution in [-0.2, 0) is 6.54 Å². The molecular weight excluding hydrogens is 492 g/mol. The Morgan fingerprint density at radius 1 is 0.914 bits per heavy atom. The lowest BCUT2D eigenvalue weighted by molar-refractivity contribution is 0.0946. The Labute approximate surface area is 210 Å². The minimum atomic E-state index is -0.497. The molecule has 0 aromatic heterocycles. The van der Waals surface area contributed by atoms with Gasteiger partial charge >= 0.3 is 0 Å². The molecule has 0 spiro atoms. The number of phenolic OH excluding ortho intramolecular Hbond substituents is 1. The van der Waals surface area contributed by atoms with Crippen LogP contribution in [0.15, 0.2) is 77.9 Å². The van der Waals surface area contributed by atoms with Gasteiger partial charge in [-0.25, -0.2) is 9.82 Å². The first-order valence-corrected chi connectivity index (χ1v) is 11.1. The summed E-state index contributed by atoms with van der Waals surface area (Å²) in [5, 5.41) is 18.0. The van der Waals surface area contributed by atoms with E-state index in [1.54, 1.807) is 12.1 Å². The van der Waals surface area contributed by atoms with Crippen molar-refractivity contribution in [3.63, 3.8) is 0 Å². The van der Waals surface area contributed by atoms with Crippen molar-refractivity contribution >= 4 is 52.0 Å². The molecule has 0 saturated carbocycles. The number of hydrogen-bond acceptors (Lipinski definition) is 4. The highest BCUT2D eigenvalue weighted by molar-refractivity contribution is 6.32. The maximum Gasteiger partial charge on any atom is 0.271 e. The molecule has 176 valence electrons. The van der Waals surface area contributed by atoms with Gasteiger partial charge in [0.05, 0.1) is 11.2 Å². The predicted octanol–water partition coefficient (Wildman–Crippen LogP) is 5.69. The van der Waals surface area contributed by atoms with Crippen LogP contribution < -0.4 is 10.7 Å². The molecule has 0 unspecified atom stereocenters. The lowest BCUT2D eigenvalue weighted by Crippen LogP contribution is -2.23. The third-order valence-electron chi connectivity index (χ3n) is 5.24. The molecule has 0 aliphatic rings. The van der Waals surface area contributed by atoms with Crippen molar-refractivity contribution in [2.24, 2.45) is 5.10 Å². The molecule has 9 heteroatoms. The Balaban J connectivity index is 1.51. The number of phenols is 1. The topological polar surface area (TPSA) is 90.8 Å². The molecule has 0 bridgehead atoms. The molecular formula is C26H18Cl2FN3O3. The number of rotatable bonds is 6. The van der Waals surface area contributed by atoms with E-state index in [0.717, 1.165) is 5.39 Å². The van der Waals surface area contributed by atoms with Crippen LogP contribution in [0.25, 0.3) is 10.8 Å². The molecule has 0 saturated heterocycles. The van der Waals surface area contributed by atoms with E-state index in [2.05, 4.69) is 15.8 Å². The normalized spacial score (nSPS) is 11.1. The van der Waals surface area contributed by atoms with Gasteiger partial charge in [0.2, 0.25) is 0 Å². The fourth-order valence-corrected chi connectivity index (χ4v) is 3.86. The molecule has 0 heterocycles. The summed E-state index contributed by atoms with van der Waals surface area (Å²) in [6.45, 7) is 0.142. The first kappa shape index (κ1) is 24.2. The minimum Gasteiger partial charge on any atom is -0.506 e. The molecule has 2 amide bonds. The number of fused-ring (bicyclic) bond motifs is 1. The second-order valence-corrected chi connectivity index (χ2v) is 8.35. The number of aromatic hydroxyl groups is 1. The zero-order valence-corrected chi connectivity index (χ0v) is 19.6. The number of carbonyl (C=O) groups excluding carboxylic acids is 2. The van der Waals surface area contributed by atoms with Crippen LogP contribution in [-0.4, -0.2) is 23.1 Å². The maximum atomic E-state index is 13.3. The maximum absolute atomic E-state index is 13.3. The van der Waals surface area contributed by atoms with E-state index < -0.39 is 11.7 Å². The summed E-state index contributed by atoms with van der Waals surface area (Å²) in [6, 6.07) is 18.8. The van der Waals surface area contributed by atoms with E-state index >= 15 is 0 Å². The number of halogens is 3. The van der Waals surface area contributed by atoms with Crippen LogP contribution >= 0.6 is 23.2 Å². The number of amides is 2. The number of hydrazone groups is 1. The van der Waals surface area contributed by atoms with E-state index in [0.29, 0.717) is 22.1 Å². The number of nitrogens with zero attached hydrogens (tertiary/aromatic N) is 1. The van der Waals surface area contributed by atoms with Gasteiger partial charge in [-0.2, -0.15) is 5.10 Å². The molecule has 4 aromatic rings. The molecule has 0 radical (unpaired) electrons. The van der Waals surface area contributed by atoms with Gasteiger partial charge in [0, 0.05) is 28.3 Å². The van der Waals surface area contributed by atoms with Crippen molar-refractivity contribution in [3.05, 3.63) is 111 Å². The Bertz CT molecular complexity index is 1470. The first-order valence-electron chi connectivity index (χ1n) is 10.4. The second-order valence-electron chi connectivity index (χ2n) is 7.53. The number of hydrogen-bond donors (Lipinski definition) is 3. The zero-order valence-electron chi connectivity index (χ0n) is 18.1. The van der Waals surface area contributed by atoms with Crippen LogP contribution in [0.5, 0.6) is 5.75 Å². The van der Waals surface area contributed by atoms with Crippen molar-refractivity contribution in [1.82, 2.24) is 10.7 Å². The van der Waals surface area contributed by atoms with E-state index in [-0.39, 0.29) is 33.8 Å². The van der Waals surface area contributed by atoms with E-state index in [1.165, 1.54) is 42.6 Å². The minimum absolute atomic E-state index is 0.0585. The first-order chi connectivity index (χ1) is 16.8. The van der Waals surface area contributed by atoms with Gasteiger partial charge in [0.25, 0.3) is 11.8 Å².